The Balaban J connectivity index is 2.33. The van der Waals surface area contributed by atoms with E-state index in [9.17, 15) is 10.1 Å². The summed E-state index contributed by atoms with van der Waals surface area (Å²) in [4.78, 5) is 17.7. The van der Waals surface area contributed by atoms with E-state index in [0.717, 1.165) is 0 Å². The van der Waals surface area contributed by atoms with Crippen LogP contribution in [-0.4, -0.2) is 17.4 Å². The molecule has 0 unspecified atom stereocenters. The van der Waals surface area contributed by atoms with Crippen molar-refractivity contribution in [3.05, 3.63) is 18.3 Å². The molecule has 0 saturated carbocycles. The van der Waals surface area contributed by atoms with Crippen LogP contribution in [0.1, 0.15) is 19.8 Å². The molecule has 1 aliphatic heterocycles. The first-order valence-electron chi connectivity index (χ1n) is 5.58. The van der Waals surface area contributed by atoms with Gasteiger partial charge in [0.15, 0.2) is 0 Å². The fourth-order valence-electron chi connectivity index (χ4n) is 2.13. The number of hydrogen-bond acceptors (Lipinski definition) is 4. The molecular weight excluding hydrogens is 216 g/mol. The molecule has 1 aromatic heterocycles. The molecule has 88 valence electrons. The molecule has 2 rings (SSSR count). The summed E-state index contributed by atoms with van der Waals surface area (Å²) in [5.41, 5.74) is 5.44. The number of hydrogen-bond donors (Lipinski definition) is 1. The van der Waals surface area contributed by atoms with Crippen molar-refractivity contribution >= 4 is 17.4 Å². The molecule has 1 aliphatic rings. The largest absolute Gasteiger partial charge is 0.384 e. The molecule has 5 nitrogen and oxygen atoms in total. The van der Waals surface area contributed by atoms with Gasteiger partial charge < -0.3 is 10.6 Å². The quantitative estimate of drug-likeness (QED) is 0.830. The Morgan fingerprint density at radius 1 is 1.71 bits per heavy atom. The van der Waals surface area contributed by atoms with Crippen molar-refractivity contribution in [3.8, 4) is 6.07 Å². The average molecular weight is 230 g/mol. The average Bonchev–Trinajstić information content (AvgIpc) is 2.67. The molecule has 0 aliphatic carbocycles. The SMILES string of the molecule is CC[C@@]1(C#N)CCN(c2ccnc(N)c2)C1=O. The van der Waals surface area contributed by atoms with E-state index >= 15 is 0 Å². The number of anilines is 2. The summed E-state index contributed by atoms with van der Waals surface area (Å²) in [5.74, 6) is 0.245. The van der Waals surface area contributed by atoms with Crippen LogP contribution in [0.15, 0.2) is 18.3 Å². The number of carbonyl (C=O) groups excluding carboxylic acids is 1. The van der Waals surface area contributed by atoms with Crippen molar-refractivity contribution in [3.63, 3.8) is 0 Å². The monoisotopic (exact) mass is 230 g/mol. The molecular formula is C12H14N4O. The Hall–Kier alpha value is -2.09. The van der Waals surface area contributed by atoms with Gasteiger partial charge in [-0.2, -0.15) is 5.26 Å². The maximum absolute atomic E-state index is 12.2. The number of nitrogen functional groups attached to an aromatic ring is 1. The van der Waals surface area contributed by atoms with Crippen molar-refractivity contribution in [2.75, 3.05) is 17.2 Å². The summed E-state index contributed by atoms with van der Waals surface area (Å²) in [6, 6.07) is 5.54. The van der Waals surface area contributed by atoms with Crippen LogP contribution in [-0.2, 0) is 4.79 Å². The molecule has 2 heterocycles. The number of amides is 1. The van der Waals surface area contributed by atoms with E-state index in [2.05, 4.69) is 11.1 Å². The molecule has 1 atom stereocenters. The predicted octanol–water partition coefficient (Wildman–Crippen LogP) is 1.32. The van der Waals surface area contributed by atoms with Gasteiger partial charge in [-0.3, -0.25) is 4.79 Å². The standard InChI is InChI=1S/C12H14N4O/c1-2-12(8-13)4-6-16(11(12)17)9-3-5-15-10(14)7-9/h3,5,7H,2,4,6H2,1H3,(H2,14,15)/t12-/m0/s1. The van der Waals surface area contributed by atoms with Crippen molar-refractivity contribution in [2.45, 2.75) is 19.8 Å². The fourth-order valence-corrected chi connectivity index (χ4v) is 2.13. The van der Waals surface area contributed by atoms with Gasteiger partial charge in [0.1, 0.15) is 11.2 Å². The minimum absolute atomic E-state index is 0.131. The van der Waals surface area contributed by atoms with E-state index in [4.69, 9.17) is 5.73 Å². The topological polar surface area (TPSA) is 83.0 Å². The molecule has 0 radical (unpaired) electrons. The maximum Gasteiger partial charge on any atom is 0.247 e. The van der Waals surface area contributed by atoms with Gasteiger partial charge in [-0.15, -0.1) is 0 Å². The Morgan fingerprint density at radius 3 is 3.00 bits per heavy atom. The molecule has 1 aromatic rings. The Bertz CT molecular complexity index is 494. The highest BCUT2D eigenvalue weighted by Crippen LogP contribution is 2.37. The minimum atomic E-state index is -0.863. The van der Waals surface area contributed by atoms with Crippen LogP contribution in [0.2, 0.25) is 0 Å². The first kappa shape index (κ1) is 11.4. The van der Waals surface area contributed by atoms with E-state index in [-0.39, 0.29) is 5.91 Å². The molecule has 0 bridgehead atoms. The first-order valence-corrected chi connectivity index (χ1v) is 5.58. The summed E-state index contributed by atoms with van der Waals surface area (Å²) in [6.07, 6.45) is 2.68. The summed E-state index contributed by atoms with van der Waals surface area (Å²) in [5, 5.41) is 9.17. The summed E-state index contributed by atoms with van der Waals surface area (Å²) >= 11 is 0. The van der Waals surface area contributed by atoms with E-state index in [1.807, 2.05) is 6.92 Å². The number of pyridine rings is 1. The van der Waals surface area contributed by atoms with Gasteiger partial charge in [-0.25, -0.2) is 4.98 Å². The molecule has 1 fully saturated rings. The lowest BCUT2D eigenvalue weighted by molar-refractivity contribution is -0.123. The van der Waals surface area contributed by atoms with Crippen LogP contribution >= 0.6 is 0 Å². The minimum Gasteiger partial charge on any atom is -0.384 e. The third-order valence-electron chi connectivity index (χ3n) is 3.31. The van der Waals surface area contributed by atoms with E-state index in [1.165, 1.54) is 0 Å². The van der Waals surface area contributed by atoms with E-state index in [1.54, 1.807) is 23.2 Å². The molecule has 1 amide bonds. The van der Waals surface area contributed by atoms with Crippen molar-refractivity contribution in [1.82, 2.24) is 4.98 Å². The predicted molar refractivity (Wildman–Crippen MR) is 64.0 cm³/mol. The molecule has 17 heavy (non-hydrogen) atoms. The van der Waals surface area contributed by atoms with Gasteiger partial charge in [0, 0.05) is 24.5 Å². The summed E-state index contributed by atoms with van der Waals surface area (Å²) in [7, 11) is 0. The normalized spacial score (nSPS) is 23.8. The zero-order valence-electron chi connectivity index (χ0n) is 9.68. The number of carbonyl (C=O) groups is 1. The molecule has 5 heteroatoms. The lowest BCUT2D eigenvalue weighted by Crippen LogP contribution is -2.33. The number of aromatic nitrogens is 1. The van der Waals surface area contributed by atoms with Crippen LogP contribution in [0, 0.1) is 16.7 Å². The van der Waals surface area contributed by atoms with Crippen LogP contribution in [0.3, 0.4) is 0 Å². The molecule has 1 saturated heterocycles. The Morgan fingerprint density at radius 2 is 2.47 bits per heavy atom. The maximum atomic E-state index is 12.2. The van der Waals surface area contributed by atoms with E-state index in [0.29, 0.717) is 30.9 Å². The van der Waals surface area contributed by atoms with Gasteiger partial charge in [0.2, 0.25) is 5.91 Å². The number of nitrogens with zero attached hydrogens (tertiary/aromatic N) is 3. The molecule has 0 aromatic carbocycles. The lowest BCUT2D eigenvalue weighted by Gasteiger charge is -2.19. The fraction of sp³-hybridized carbons (Fsp3) is 0.417. The van der Waals surface area contributed by atoms with Gasteiger partial charge >= 0.3 is 0 Å². The van der Waals surface area contributed by atoms with E-state index < -0.39 is 5.41 Å². The molecule has 2 N–H and O–H groups in total. The number of nitriles is 1. The Kier molecular flexibility index (Phi) is 2.72. The summed E-state index contributed by atoms with van der Waals surface area (Å²) in [6.45, 7) is 2.43. The zero-order valence-corrected chi connectivity index (χ0v) is 9.68. The number of rotatable bonds is 2. The van der Waals surface area contributed by atoms with Crippen LogP contribution < -0.4 is 10.6 Å². The lowest BCUT2D eigenvalue weighted by atomic mass is 9.85. The number of nitrogens with two attached hydrogens (primary N) is 1. The zero-order chi connectivity index (χ0) is 12.5. The van der Waals surface area contributed by atoms with Crippen LogP contribution in [0.25, 0.3) is 0 Å². The van der Waals surface area contributed by atoms with Crippen LogP contribution in [0.4, 0.5) is 11.5 Å². The highest BCUT2D eigenvalue weighted by atomic mass is 16.2. The Labute approximate surface area is 99.9 Å². The highest BCUT2D eigenvalue weighted by Gasteiger charge is 2.46. The highest BCUT2D eigenvalue weighted by molar-refractivity contribution is 6.01. The van der Waals surface area contributed by atoms with Crippen LogP contribution in [0.5, 0.6) is 0 Å². The van der Waals surface area contributed by atoms with Gasteiger partial charge in [0.05, 0.1) is 6.07 Å². The second-order valence-electron chi connectivity index (χ2n) is 4.19. The van der Waals surface area contributed by atoms with Crippen molar-refractivity contribution in [1.29, 1.82) is 5.26 Å². The molecule has 0 spiro atoms. The van der Waals surface area contributed by atoms with Gasteiger partial charge in [0.25, 0.3) is 0 Å². The van der Waals surface area contributed by atoms with Crippen molar-refractivity contribution in [2.24, 2.45) is 5.41 Å². The third kappa shape index (κ3) is 1.72. The van der Waals surface area contributed by atoms with Crippen molar-refractivity contribution < 1.29 is 4.79 Å². The smallest absolute Gasteiger partial charge is 0.247 e. The van der Waals surface area contributed by atoms with Gasteiger partial charge in [-0.1, -0.05) is 6.92 Å². The third-order valence-corrected chi connectivity index (χ3v) is 3.31. The van der Waals surface area contributed by atoms with Gasteiger partial charge in [-0.05, 0) is 18.9 Å². The second kappa shape index (κ2) is 4.06. The second-order valence-corrected chi connectivity index (χ2v) is 4.19. The first-order chi connectivity index (χ1) is 8.13. The summed E-state index contributed by atoms with van der Waals surface area (Å²) < 4.78 is 0.